The van der Waals surface area contributed by atoms with E-state index in [1.54, 1.807) is 11.6 Å². The molecule has 112 valence electrons. The van der Waals surface area contributed by atoms with Gasteiger partial charge in [0.2, 0.25) is 0 Å². The number of rotatable bonds is 9. The first kappa shape index (κ1) is 17.6. The van der Waals surface area contributed by atoms with Crippen LogP contribution in [0.5, 0.6) is 0 Å². The molecule has 0 bridgehead atoms. The molecule has 0 radical (unpaired) electrons. The van der Waals surface area contributed by atoms with E-state index in [9.17, 15) is 18.0 Å². The predicted octanol–water partition coefficient (Wildman–Crippen LogP) is 0.300. The third kappa shape index (κ3) is 10.3. The van der Waals surface area contributed by atoms with E-state index in [0.29, 0.717) is 25.7 Å². The second kappa shape index (κ2) is 9.56. The van der Waals surface area contributed by atoms with Gasteiger partial charge in [-0.2, -0.15) is 13.1 Å². The third-order valence-electron chi connectivity index (χ3n) is 2.07. The zero-order chi connectivity index (χ0) is 14.7. The minimum atomic E-state index is -3.88. The maximum absolute atomic E-state index is 11.3. The van der Waals surface area contributed by atoms with Gasteiger partial charge in [-0.15, -0.1) is 0 Å². The first-order valence-electron chi connectivity index (χ1n) is 5.92. The fraction of sp³-hybridized carbons (Fsp3) is 0.800. The van der Waals surface area contributed by atoms with Gasteiger partial charge in [-0.05, 0) is 19.8 Å². The molecule has 0 saturated heterocycles. The molecule has 0 aliphatic rings. The number of unbranched alkanes of at least 4 members (excludes halogenated alkanes) is 2. The molecule has 1 amide bonds. The lowest BCUT2D eigenvalue weighted by molar-refractivity contribution is -0.140. The summed E-state index contributed by atoms with van der Waals surface area (Å²) in [4.78, 5) is 21.7. The first-order valence-corrected chi connectivity index (χ1v) is 7.40. The van der Waals surface area contributed by atoms with Gasteiger partial charge < -0.3 is 9.47 Å². The Morgan fingerprint density at radius 1 is 1.16 bits per heavy atom. The Morgan fingerprint density at radius 3 is 2.42 bits per heavy atom. The van der Waals surface area contributed by atoms with Gasteiger partial charge in [0.05, 0.1) is 13.7 Å². The van der Waals surface area contributed by atoms with Gasteiger partial charge in [0.15, 0.2) is 0 Å². The largest absolute Gasteiger partial charge is 0.469 e. The topological polar surface area (TPSA) is 111 Å². The molecule has 0 rings (SSSR count). The molecule has 0 unspecified atom stereocenters. The molecule has 0 aromatic heterocycles. The molecule has 2 N–H and O–H groups in total. The maximum Gasteiger partial charge on any atom is 0.421 e. The molecule has 19 heavy (non-hydrogen) atoms. The molecular formula is C10H20N2O6S. The summed E-state index contributed by atoms with van der Waals surface area (Å²) < 4.78 is 35.4. The SMILES string of the molecule is CCOC(=O)NS(=O)(=O)NCCCCCC(=O)OC. The average Bonchev–Trinajstić information content (AvgIpc) is 2.32. The Kier molecular flexibility index (Phi) is 8.88. The standard InChI is InChI=1S/C10H20N2O6S/c1-3-18-10(14)12-19(15,16)11-8-6-4-5-7-9(13)17-2/h11H,3-8H2,1-2H3,(H,12,14). The fourth-order valence-corrected chi connectivity index (χ4v) is 1.95. The van der Waals surface area contributed by atoms with Crippen molar-refractivity contribution in [1.82, 2.24) is 9.44 Å². The number of carbonyl (C=O) groups is 2. The summed E-state index contributed by atoms with van der Waals surface area (Å²) in [5.74, 6) is -0.287. The molecule has 0 aliphatic carbocycles. The van der Waals surface area contributed by atoms with Crippen LogP contribution in [0.15, 0.2) is 0 Å². The van der Waals surface area contributed by atoms with Crippen molar-refractivity contribution in [3.05, 3.63) is 0 Å². The van der Waals surface area contributed by atoms with Crippen LogP contribution in [0.1, 0.15) is 32.6 Å². The number of hydrogen-bond donors (Lipinski definition) is 2. The normalized spacial score (nSPS) is 10.8. The highest BCUT2D eigenvalue weighted by Crippen LogP contribution is 2.00. The van der Waals surface area contributed by atoms with Gasteiger partial charge in [-0.1, -0.05) is 6.42 Å². The van der Waals surface area contributed by atoms with Crippen LogP contribution in [-0.2, 0) is 24.5 Å². The molecule has 0 saturated carbocycles. The van der Waals surface area contributed by atoms with Crippen molar-refractivity contribution in [2.45, 2.75) is 32.6 Å². The molecule has 0 fully saturated rings. The lowest BCUT2D eigenvalue weighted by Crippen LogP contribution is -2.40. The zero-order valence-electron chi connectivity index (χ0n) is 11.1. The quantitative estimate of drug-likeness (QED) is 0.467. The Labute approximate surface area is 113 Å². The highest BCUT2D eigenvalue weighted by Gasteiger charge is 2.13. The summed E-state index contributed by atoms with van der Waals surface area (Å²) in [6.45, 7) is 1.84. The van der Waals surface area contributed by atoms with Crippen molar-refractivity contribution in [3.8, 4) is 0 Å². The van der Waals surface area contributed by atoms with Crippen molar-refractivity contribution < 1.29 is 27.5 Å². The van der Waals surface area contributed by atoms with Crippen LogP contribution in [0.25, 0.3) is 0 Å². The Hall–Kier alpha value is -1.35. The van der Waals surface area contributed by atoms with Gasteiger partial charge in [0, 0.05) is 13.0 Å². The summed E-state index contributed by atoms with van der Waals surface area (Å²) in [6, 6.07) is 0. The van der Waals surface area contributed by atoms with Crippen molar-refractivity contribution in [3.63, 3.8) is 0 Å². The number of ether oxygens (including phenoxy) is 2. The number of nitrogens with one attached hydrogen (secondary N) is 2. The second-order valence-electron chi connectivity index (χ2n) is 3.61. The minimum absolute atomic E-state index is 0.0921. The first-order chi connectivity index (χ1) is 8.91. The molecule has 9 heteroatoms. The van der Waals surface area contributed by atoms with E-state index in [2.05, 4.69) is 14.2 Å². The summed E-state index contributed by atoms with van der Waals surface area (Å²) in [5, 5.41) is 0. The highest BCUT2D eigenvalue weighted by atomic mass is 32.2. The van der Waals surface area contributed by atoms with Crippen LogP contribution in [0, 0.1) is 0 Å². The van der Waals surface area contributed by atoms with Crippen molar-refractivity contribution in [2.24, 2.45) is 0 Å². The van der Waals surface area contributed by atoms with E-state index in [4.69, 9.17) is 0 Å². The van der Waals surface area contributed by atoms with Gasteiger partial charge in [-0.25, -0.2) is 9.52 Å². The Bertz CT molecular complexity index is 381. The highest BCUT2D eigenvalue weighted by molar-refractivity contribution is 7.88. The van der Waals surface area contributed by atoms with Crippen LogP contribution in [0.4, 0.5) is 4.79 Å². The average molecular weight is 296 g/mol. The molecule has 8 nitrogen and oxygen atoms in total. The number of amides is 1. The number of methoxy groups -OCH3 is 1. The molecule has 0 aromatic rings. The maximum atomic E-state index is 11.3. The van der Waals surface area contributed by atoms with E-state index < -0.39 is 16.3 Å². The summed E-state index contributed by atoms with van der Waals surface area (Å²) >= 11 is 0. The van der Waals surface area contributed by atoms with Crippen LogP contribution in [0.2, 0.25) is 0 Å². The molecule has 0 aliphatic heterocycles. The van der Waals surface area contributed by atoms with E-state index in [1.165, 1.54) is 7.11 Å². The van der Waals surface area contributed by atoms with Gasteiger partial charge in [-0.3, -0.25) is 4.79 Å². The fourth-order valence-electron chi connectivity index (χ4n) is 1.19. The predicted molar refractivity (Wildman–Crippen MR) is 67.6 cm³/mol. The molecule has 0 aromatic carbocycles. The van der Waals surface area contributed by atoms with Gasteiger partial charge in [0.1, 0.15) is 0 Å². The smallest absolute Gasteiger partial charge is 0.421 e. The van der Waals surface area contributed by atoms with E-state index in [-0.39, 0.29) is 19.1 Å². The lowest BCUT2D eigenvalue weighted by atomic mass is 10.2. The third-order valence-corrected chi connectivity index (χ3v) is 3.09. The van der Waals surface area contributed by atoms with E-state index >= 15 is 0 Å². The number of hydrogen-bond acceptors (Lipinski definition) is 6. The summed E-state index contributed by atoms with van der Waals surface area (Å²) in [7, 11) is -2.56. The van der Waals surface area contributed by atoms with Crippen LogP contribution in [-0.4, -0.2) is 40.7 Å². The minimum Gasteiger partial charge on any atom is -0.469 e. The zero-order valence-corrected chi connectivity index (χ0v) is 11.9. The van der Waals surface area contributed by atoms with Crippen LogP contribution >= 0.6 is 0 Å². The van der Waals surface area contributed by atoms with Crippen molar-refractivity contribution >= 4 is 22.3 Å². The summed E-state index contributed by atoms with van der Waals surface area (Å²) in [6.07, 6.45) is 1.16. The molecular weight excluding hydrogens is 276 g/mol. The summed E-state index contributed by atoms with van der Waals surface area (Å²) in [5.41, 5.74) is 0. The van der Waals surface area contributed by atoms with Gasteiger partial charge in [0.25, 0.3) is 0 Å². The van der Waals surface area contributed by atoms with Crippen molar-refractivity contribution in [2.75, 3.05) is 20.3 Å². The molecule has 0 heterocycles. The van der Waals surface area contributed by atoms with Crippen LogP contribution in [0.3, 0.4) is 0 Å². The Morgan fingerprint density at radius 2 is 1.84 bits per heavy atom. The lowest BCUT2D eigenvalue weighted by Gasteiger charge is -2.07. The van der Waals surface area contributed by atoms with Crippen molar-refractivity contribution in [1.29, 1.82) is 0 Å². The monoisotopic (exact) mass is 296 g/mol. The second-order valence-corrected chi connectivity index (χ2v) is 5.11. The molecule has 0 atom stereocenters. The van der Waals surface area contributed by atoms with Gasteiger partial charge >= 0.3 is 22.3 Å². The Balaban J connectivity index is 3.70. The van der Waals surface area contributed by atoms with E-state index in [0.717, 1.165) is 0 Å². The molecule has 0 spiro atoms. The van der Waals surface area contributed by atoms with E-state index in [1.807, 2.05) is 0 Å². The number of carbonyl (C=O) groups excluding carboxylic acids is 2. The number of esters is 1. The van der Waals surface area contributed by atoms with Crippen LogP contribution < -0.4 is 9.44 Å².